The lowest BCUT2D eigenvalue weighted by Crippen LogP contribution is -2.07. The van der Waals surface area contributed by atoms with Gasteiger partial charge in [-0.05, 0) is 13.8 Å². The van der Waals surface area contributed by atoms with Gasteiger partial charge in [-0.3, -0.25) is 0 Å². The first kappa shape index (κ1) is 8.77. The highest BCUT2D eigenvalue weighted by molar-refractivity contribution is 5.41. The molecule has 0 aliphatic heterocycles. The summed E-state index contributed by atoms with van der Waals surface area (Å²) in [6.45, 7) is 3.72. The van der Waals surface area contributed by atoms with E-state index in [0.717, 1.165) is 6.20 Å². The van der Waals surface area contributed by atoms with Crippen molar-refractivity contribution in [3.63, 3.8) is 0 Å². The molecule has 3 nitrogen and oxygen atoms in total. The number of hydrogen-bond donors (Lipinski definition) is 1. The van der Waals surface area contributed by atoms with Crippen LogP contribution >= 0.6 is 0 Å². The Bertz CT molecular complexity index is 276. The molecule has 1 rings (SSSR count). The number of pyridine rings is 1. The van der Waals surface area contributed by atoms with Gasteiger partial charge in [0.2, 0.25) is 5.88 Å². The van der Waals surface area contributed by atoms with Gasteiger partial charge in [-0.2, -0.15) is 0 Å². The van der Waals surface area contributed by atoms with E-state index < -0.39 is 5.82 Å². The number of hydrogen-bond acceptors (Lipinski definition) is 3. The average molecular weight is 170 g/mol. The van der Waals surface area contributed by atoms with Crippen LogP contribution in [-0.4, -0.2) is 11.1 Å². The molecule has 0 atom stereocenters. The standard InChI is InChI=1S/C8H11FN2O/c1-5(2)12-8-3-7(10)6(9)4-11-8/h3-5H,1-2H3,(H2,10,11). The van der Waals surface area contributed by atoms with Crippen molar-refractivity contribution in [1.82, 2.24) is 4.98 Å². The Morgan fingerprint density at radius 3 is 2.75 bits per heavy atom. The van der Waals surface area contributed by atoms with Crippen LogP contribution < -0.4 is 10.5 Å². The third-order valence-electron chi connectivity index (χ3n) is 1.22. The van der Waals surface area contributed by atoms with Crippen LogP contribution in [0.2, 0.25) is 0 Å². The van der Waals surface area contributed by atoms with Crippen molar-refractivity contribution in [1.29, 1.82) is 0 Å². The summed E-state index contributed by atoms with van der Waals surface area (Å²) in [6, 6.07) is 1.37. The smallest absolute Gasteiger partial charge is 0.215 e. The minimum atomic E-state index is -0.522. The van der Waals surface area contributed by atoms with Gasteiger partial charge in [0.1, 0.15) is 0 Å². The highest BCUT2D eigenvalue weighted by Crippen LogP contribution is 2.15. The quantitative estimate of drug-likeness (QED) is 0.733. The van der Waals surface area contributed by atoms with Gasteiger partial charge in [0.15, 0.2) is 5.82 Å². The van der Waals surface area contributed by atoms with E-state index in [0.29, 0.717) is 5.88 Å². The summed E-state index contributed by atoms with van der Waals surface area (Å²) in [7, 11) is 0. The van der Waals surface area contributed by atoms with Crippen molar-refractivity contribution in [2.75, 3.05) is 5.73 Å². The Kier molecular flexibility index (Phi) is 2.47. The minimum absolute atomic E-state index is 0.0161. The first-order chi connectivity index (χ1) is 5.59. The first-order valence-electron chi connectivity index (χ1n) is 3.67. The number of halogens is 1. The van der Waals surface area contributed by atoms with Crippen molar-refractivity contribution in [3.8, 4) is 5.88 Å². The maximum absolute atomic E-state index is 12.6. The summed E-state index contributed by atoms with van der Waals surface area (Å²) in [5.41, 5.74) is 5.36. The van der Waals surface area contributed by atoms with E-state index >= 15 is 0 Å². The van der Waals surface area contributed by atoms with Crippen LogP contribution in [0.25, 0.3) is 0 Å². The lowest BCUT2D eigenvalue weighted by molar-refractivity contribution is 0.232. The molecule has 0 aliphatic rings. The SMILES string of the molecule is CC(C)Oc1cc(N)c(F)cn1. The molecule has 4 heteroatoms. The van der Waals surface area contributed by atoms with E-state index in [2.05, 4.69) is 4.98 Å². The topological polar surface area (TPSA) is 48.1 Å². The van der Waals surface area contributed by atoms with Gasteiger partial charge in [0.05, 0.1) is 18.0 Å². The number of nitrogen functional groups attached to an aromatic ring is 1. The number of rotatable bonds is 2. The van der Waals surface area contributed by atoms with Crippen molar-refractivity contribution in [3.05, 3.63) is 18.1 Å². The fourth-order valence-corrected chi connectivity index (χ4v) is 0.740. The van der Waals surface area contributed by atoms with Crippen LogP contribution in [0.4, 0.5) is 10.1 Å². The molecule has 0 bridgehead atoms. The summed E-state index contributed by atoms with van der Waals surface area (Å²) in [5.74, 6) is -0.171. The van der Waals surface area contributed by atoms with Crippen LogP contribution in [0.5, 0.6) is 5.88 Å². The largest absolute Gasteiger partial charge is 0.475 e. The summed E-state index contributed by atoms with van der Waals surface area (Å²) < 4.78 is 17.8. The van der Waals surface area contributed by atoms with Crippen LogP contribution in [-0.2, 0) is 0 Å². The van der Waals surface area contributed by atoms with Gasteiger partial charge in [0.25, 0.3) is 0 Å². The fraction of sp³-hybridized carbons (Fsp3) is 0.375. The zero-order valence-corrected chi connectivity index (χ0v) is 7.04. The molecule has 66 valence electrons. The van der Waals surface area contributed by atoms with Gasteiger partial charge in [-0.15, -0.1) is 0 Å². The minimum Gasteiger partial charge on any atom is -0.475 e. The second-order valence-corrected chi connectivity index (χ2v) is 2.71. The van der Waals surface area contributed by atoms with Crippen molar-refractivity contribution < 1.29 is 9.13 Å². The normalized spacial score (nSPS) is 10.3. The van der Waals surface area contributed by atoms with Crippen molar-refractivity contribution >= 4 is 5.69 Å². The lowest BCUT2D eigenvalue weighted by atomic mass is 10.4. The van der Waals surface area contributed by atoms with E-state index in [9.17, 15) is 4.39 Å². The van der Waals surface area contributed by atoms with E-state index in [1.165, 1.54) is 6.07 Å². The summed E-state index contributed by atoms with van der Waals surface area (Å²) in [4.78, 5) is 3.70. The van der Waals surface area contributed by atoms with Gasteiger partial charge in [-0.25, -0.2) is 9.37 Å². The number of aromatic nitrogens is 1. The van der Waals surface area contributed by atoms with Crippen LogP contribution in [0.15, 0.2) is 12.3 Å². The number of nitrogens with zero attached hydrogens (tertiary/aromatic N) is 1. The number of nitrogens with two attached hydrogens (primary N) is 1. The molecule has 0 radical (unpaired) electrons. The van der Waals surface area contributed by atoms with E-state index in [4.69, 9.17) is 10.5 Å². The molecule has 2 N–H and O–H groups in total. The molecule has 0 amide bonds. The van der Waals surface area contributed by atoms with E-state index in [1.807, 2.05) is 13.8 Å². The molecule has 1 aromatic rings. The molecular weight excluding hydrogens is 159 g/mol. The highest BCUT2D eigenvalue weighted by atomic mass is 19.1. The maximum Gasteiger partial charge on any atom is 0.215 e. The van der Waals surface area contributed by atoms with Crippen LogP contribution in [0.3, 0.4) is 0 Å². The first-order valence-corrected chi connectivity index (χ1v) is 3.67. The van der Waals surface area contributed by atoms with Crippen molar-refractivity contribution in [2.24, 2.45) is 0 Å². The van der Waals surface area contributed by atoms with Crippen LogP contribution in [0.1, 0.15) is 13.8 Å². The van der Waals surface area contributed by atoms with Gasteiger partial charge in [-0.1, -0.05) is 0 Å². The molecule has 0 aliphatic carbocycles. The van der Waals surface area contributed by atoms with Crippen LogP contribution in [0, 0.1) is 5.82 Å². The third-order valence-corrected chi connectivity index (χ3v) is 1.22. The van der Waals surface area contributed by atoms with Crippen molar-refractivity contribution in [2.45, 2.75) is 20.0 Å². The Balaban J connectivity index is 2.82. The summed E-state index contributed by atoms with van der Waals surface area (Å²) in [6.07, 6.45) is 1.06. The third kappa shape index (κ3) is 2.08. The van der Waals surface area contributed by atoms with Gasteiger partial charge in [0, 0.05) is 6.07 Å². The zero-order chi connectivity index (χ0) is 9.14. The van der Waals surface area contributed by atoms with E-state index in [1.54, 1.807) is 0 Å². The maximum atomic E-state index is 12.6. The molecule has 0 aromatic carbocycles. The van der Waals surface area contributed by atoms with Gasteiger partial charge < -0.3 is 10.5 Å². The Morgan fingerprint density at radius 1 is 1.58 bits per heavy atom. The lowest BCUT2D eigenvalue weighted by Gasteiger charge is -2.08. The number of ether oxygens (including phenoxy) is 1. The summed E-state index contributed by atoms with van der Waals surface area (Å²) in [5, 5.41) is 0. The average Bonchev–Trinajstić information content (AvgIpc) is 1.96. The molecule has 0 saturated heterocycles. The predicted molar refractivity (Wildman–Crippen MR) is 44.4 cm³/mol. The van der Waals surface area contributed by atoms with Gasteiger partial charge >= 0.3 is 0 Å². The molecule has 0 unspecified atom stereocenters. The van der Waals surface area contributed by atoms with E-state index in [-0.39, 0.29) is 11.8 Å². The molecule has 0 saturated carbocycles. The Hall–Kier alpha value is -1.32. The monoisotopic (exact) mass is 170 g/mol. The fourth-order valence-electron chi connectivity index (χ4n) is 0.740. The molecule has 12 heavy (non-hydrogen) atoms. The second kappa shape index (κ2) is 3.38. The molecule has 0 spiro atoms. The molecule has 0 fully saturated rings. The predicted octanol–water partition coefficient (Wildman–Crippen LogP) is 1.59. The zero-order valence-electron chi connectivity index (χ0n) is 7.04. The molecular formula is C8H11FN2O. The Labute approximate surface area is 70.4 Å². The number of anilines is 1. The molecule has 1 heterocycles. The Morgan fingerprint density at radius 2 is 2.25 bits per heavy atom. The summed E-state index contributed by atoms with van der Waals surface area (Å²) >= 11 is 0. The second-order valence-electron chi connectivity index (χ2n) is 2.71. The molecule has 1 aromatic heterocycles. The highest BCUT2D eigenvalue weighted by Gasteiger charge is 2.02.